The molecule has 1 fully saturated rings. The molecule has 1 aliphatic heterocycles. The fourth-order valence-corrected chi connectivity index (χ4v) is 4.59. The molecule has 0 bridgehead atoms. The molecule has 1 aromatic heterocycles. The van der Waals surface area contributed by atoms with Crippen molar-refractivity contribution in [2.24, 2.45) is 7.05 Å². The van der Waals surface area contributed by atoms with Crippen LogP contribution in [-0.4, -0.2) is 45.8 Å². The van der Waals surface area contributed by atoms with E-state index in [0.29, 0.717) is 0 Å². The van der Waals surface area contributed by atoms with Crippen LogP contribution in [0.15, 0.2) is 59.8 Å². The number of likely N-dealkylation sites (tertiary alicyclic amines) is 1. The second-order valence-electron chi connectivity index (χ2n) is 7.03. The highest BCUT2D eigenvalue weighted by Crippen LogP contribution is 2.37. The molecule has 0 saturated carbocycles. The zero-order valence-electron chi connectivity index (χ0n) is 16.6. The maximum absolute atomic E-state index is 13.2. The average Bonchev–Trinajstić information content (AvgIpc) is 3.43. The number of ether oxygens (including phenoxy) is 1. The second-order valence-corrected chi connectivity index (χ2v) is 8.11. The van der Waals surface area contributed by atoms with Crippen molar-refractivity contribution in [3.63, 3.8) is 0 Å². The molecule has 0 spiro atoms. The number of carbonyl (C=O) groups is 1. The van der Waals surface area contributed by atoms with Gasteiger partial charge in [-0.05, 0) is 42.7 Å². The first-order valence-corrected chi connectivity index (χ1v) is 10.6. The Hall–Kier alpha value is -2.80. The third-order valence-electron chi connectivity index (χ3n) is 5.15. The Morgan fingerprint density at radius 2 is 1.72 bits per heavy atom. The molecule has 1 saturated heterocycles. The fraction of sp³-hybridized carbons (Fsp3) is 0.318. The van der Waals surface area contributed by atoms with E-state index in [1.54, 1.807) is 7.11 Å². The van der Waals surface area contributed by atoms with Gasteiger partial charge in [0.1, 0.15) is 11.0 Å². The van der Waals surface area contributed by atoms with Gasteiger partial charge in [0.2, 0.25) is 5.91 Å². The molecule has 6 nitrogen and oxygen atoms in total. The topological polar surface area (TPSA) is 60.3 Å². The Balaban J connectivity index is 1.62. The third-order valence-corrected chi connectivity index (χ3v) is 6.43. The van der Waals surface area contributed by atoms with Gasteiger partial charge in [-0.15, -0.1) is 10.2 Å². The van der Waals surface area contributed by atoms with E-state index in [0.717, 1.165) is 53.8 Å². The van der Waals surface area contributed by atoms with Crippen LogP contribution in [0.25, 0.3) is 11.4 Å². The van der Waals surface area contributed by atoms with E-state index in [4.69, 9.17) is 4.74 Å². The molecule has 1 unspecified atom stereocenters. The van der Waals surface area contributed by atoms with Gasteiger partial charge in [-0.2, -0.15) is 0 Å². The monoisotopic (exact) mass is 408 g/mol. The Morgan fingerprint density at radius 1 is 1.03 bits per heavy atom. The van der Waals surface area contributed by atoms with E-state index in [1.807, 2.05) is 71.1 Å². The van der Waals surface area contributed by atoms with Crippen molar-refractivity contribution < 1.29 is 9.53 Å². The van der Waals surface area contributed by atoms with Crippen LogP contribution in [-0.2, 0) is 11.8 Å². The second kappa shape index (κ2) is 8.69. The van der Waals surface area contributed by atoms with Crippen molar-refractivity contribution in [3.05, 3.63) is 60.2 Å². The SMILES string of the molecule is COc1ccc(-c2nnc(SC(C(=O)N3CCCC3)c3ccccc3)n2C)cc1. The molecule has 7 heteroatoms. The van der Waals surface area contributed by atoms with E-state index in [-0.39, 0.29) is 11.2 Å². The van der Waals surface area contributed by atoms with Crippen molar-refractivity contribution >= 4 is 17.7 Å². The predicted molar refractivity (Wildman–Crippen MR) is 114 cm³/mol. The summed E-state index contributed by atoms with van der Waals surface area (Å²) in [5, 5.41) is 9.14. The van der Waals surface area contributed by atoms with Gasteiger partial charge in [0, 0.05) is 25.7 Å². The van der Waals surface area contributed by atoms with E-state index in [2.05, 4.69) is 10.2 Å². The number of aromatic nitrogens is 3. The third kappa shape index (κ3) is 4.15. The summed E-state index contributed by atoms with van der Waals surface area (Å²) in [6.07, 6.45) is 2.15. The van der Waals surface area contributed by atoms with Crippen molar-refractivity contribution in [1.82, 2.24) is 19.7 Å². The fourth-order valence-electron chi connectivity index (χ4n) is 3.51. The Kier molecular flexibility index (Phi) is 5.85. The molecular formula is C22H24N4O2S. The van der Waals surface area contributed by atoms with Crippen LogP contribution in [0.2, 0.25) is 0 Å². The first-order chi connectivity index (χ1) is 14.2. The van der Waals surface area contributed by atoms with E-state index < -0.39 is 0 Å². The van der Waals surface area contributed by atoms with Gasteiger partial charge < -0.3 is 14.2 Å². The van der Waals surface area contributed by atoms with Crippen LogP contribution in [0.5, 0.6) is 5.75 Å². The van der Waals surface area contributed by atoms with Gasteiger partial charge in [0.15, 0.2) is 11.0 Å². The predicted octanol–water partition coefficient (Wildman–Crippen LogP) is 3.95. The number of nitrogens with zero attached hydrogens (tertiary/aromatic N) is 4. The van der Waals surface area contributed by atoms with Crippen molar-refractivity contribution in [1.29, 1.82) is 0 Å². The maximum Gasteiger partial charge on any atom is 0.240 e. The van der Waals surface area contributed by atoms with Crippen molar-refractivity contribution in [2.45, 2.75) is 23.2 Å². The highest BCUT2D eigenvalue weighted by molar-refractivity contribution is 8.00. The molecule has 0 radical (unpaired) electrons. The van der Waals surface area contributed by atoms with Gasteiger partial charge >= 0.3 is 0 Å². The van der Waals surface area contributed by atoms with Gasteiger partial charge in [-0.1, -0.05) is 42.1 Å². The number of amides is 1. The minimum Gasteiger partial charge on any atom is -0.497 e. The quantitative estimate of drug-likeness (QED) is 0.578. The van der Waals surface area contributed by atoms with Crippen LogP contribution in [0.3, 0.4) is 0 Å². The smallest absolute Gasteiger partial charge is 0.240 e. The summed E-state index contributed by atoms with van der Waals surface area (Å²) in [6.45, 7) is 1.66. The summed E-state index contributed by atoms with van der Waals surface area (Å²) in [4.78, 5) is 15.2. The molecular weight excluding hydrogens is 384 g/mol. The number of benzene rings is 2. The minimum absolute atomic E-state index is 0.146. The summed E-state index contributed by atoms with van der Waals surface area (Å²) in [5.41, 5.74) is 1.94. The van der Waals surface area contributed by atoms with E-state index in [9.17, 15) is 4.79 Å². The number of rotatable bonds is 6. The summed E-state index contributed by atoms with van der Waals surface area (Å²) in [5.74, 6) is 1.70. The molecule has 150 valence electrons. The molecule has 4 rings (SSSR count). The lowest BCUT2D eigenvalue weighted by atomic mass is 10.1. The van der Waals surface area contributed by atoms with Crippen LogP contribution in [0.4, 0.5) is 0 Å². The zero-order valence-corrected chi connectivity index (χ0v) is 17.4. The lowest BCUT2D eigenvalue weighted by molar-refractivity contribution is -0.129. The largest absolute Gasteiger partial charge is 0.497 e. The van der Waals surface area contributed by atoms with Gasteiger partial charge in [0.05, 0.1) is 7.11 Å². The molecule has 1 aliphatic rings. The molecule has 1 atom stereocenters. The van der Waals surface area contributed by atoms with E-state index in [1.165, 1.54) is 11.8 Å². The van der Waals surface area contributed by atoms with Crippen molar-refractivity contribution in [3.8, 4) is 17.1 Å². The van der Waals surface area contributed by atoms with Crippen LogP contribution >= 0.6 is 11.8 Å². The number of carbonyl (C=O) groups excluding carboxylic acids is 1. The number of thioether (sulfide) groups is 1. The number of methoxy groups -OCH3 is 1. The zero-order chi connectivity index (χ0) is 20.2. The first-order valence-electron chi connectivity index (χ1n) is 9.71. The molecule has 1 amide bonds. The summed E-state index contributed by atoms with van der Waals surface area (Å²) in [6, 6.07) is 17.7. The Morgan fingerprint density at radius 3 is 2.38 bits per heavy atom. The normalized spacial score (nSPS) is 14.8. The van der Waals surface area contributed by atoms with Gasteiger partial charge in [-0.3, -0.25) is 4.79 Å². The summed E-state index contributed by atoms with van der Waals surface area (Å²) >= 11 is 1.46. The Labute approximate surface area is 174 Å². The van der Waals surface area contributed by atoms with Gasteiger partial charge in [0.25, 0.3) is 0 Å². The first kappa shape index (κ1) is 19.5. The molecule has 29 heavy (non-hydrogen) atoms. The molecule has 0 aliphatic carbocycles. The van der Waals surface area contributed by atoms with Crippen molar-refractivity contribution in [2.75, 3.05) is 20.2 Å². The minimum atomic E-state index is -0.332. The lowest BCUT2D eigenvalue weighted by Gasteiger charge is -2.22. The highest BCUT2D eigenvalue weighted by atomic mass is 32.2. The molecule has 2 aromatic carbocycles. The van der Waals surface area contributed by atoms with Crippen LogP contribution in [0, 0.1) is 0 Å². The lowest BCUT2D eigenvalue weighted by Crippen LogP contribution is -2.31. The van der Waals surface area contributed by atoms with Crippen LogP contribution in [0.1, 0.15) is 23.7 Å². The molecule has 2 heterocycles. The van der Waals surface area contributed by atoms with Gasteiger partial charge in [-0.25, -0.2) is 0 Å². The van der Waals surface area contributed by atoms with Crippen LogP contribution < -0.4 is 4.74 Å². The number of hydrogen-bond donors (Lipinski definition) is 0. The highest BCUT2D eigenvalue weighted by Gasteiger charge is 2.30. The summed E-state index contributed by atoms with van der Waals surface area (Å²) in [7, 11) is 3.58. The van der Waals surface area contributed by atoms with E-state index >= 15 is 0 Å². The summed E-state index contributed by atoms with van der Waals surface area (Å²) < 4.78 is 7.17. The molecule has 0 N–H and O–H groups in total. The maximum atomic E-state index is 13.2. The average molecular weight is 409 g/mol. The Bertz CT molecular complexity index is 966. The molecule has 3 aromatic rings. The number of hydrogen-bond acceptors (Lipinski definition) is 5. The standard InChI is InChI=1S/C22H24N4O2S/c1-25-20(17-10-12-18(28-2)13-11-17)23-24-22(25)29-19(16-8-4-3-5-9-16)21(27)26-14-6-7-15-26/h3-5,8-13,19H,6-7,14-15H2,1-2H3.